The van der Waals surface area contributed by atoms with Crippen LogP contribution in [-0.2, 0) is 10.0 Å². The Kier molecular flexibility index (Phi) is 6.16. The van der Waals surface area contributed by atoms with E-state index in [2.05, 4.69) is 15.0 Å². The predicted octanol–water partition coefficient (Wildman–Crippen LogP) is 2.48. The van der Waals surface area contributed by atoms with Gasteiger partial charge in [-0.2, -0.15) is 0 Å². The monoisotopic (exact) mass is 369 g/mol. The van der Waals surface area contributed by atoms with Gasteiger partial charge in [-0.1, -0.05) is 13.3 Å². The van der Waals surface area contributed by atoms with Gasteiger partial charge in [-0.15, -0.1) is 11.3 Å². The summed E-state index contributed by atoms with van der Waals surface area (Å²) in [6.07, 6.45) is 1.86. The van der Waals surface area contributed by atoms with E-state index < -0.39 is 10.0 Å². The van der Waals surface area contributed by atoms with E-state index in [1.165, 1.54) is 24.6 Å². The lowest BCUT2D eigenvalue weighted by molar-refractivity contribution is 0.0949. The number of rotatable bonds is 8. The van der Waals surface area contributed by atoms with Gasteiger partial charge in [-0.05, 0) is 30.7 Å². The van der Waals surface area contributed by atoms with Crippen molar-refractivity contribution in [2.24, 2.45) is 0 Å². The molecule has 1 aromatic heterocycles. The van der Waals surface area contributed by atoms with E-state index in [0.717, 1.165) is 24.2 Å². The summed E-state index contributed by atoms with van der Waals surface area (Å²) in [6, 6.07) is 5.99. The topological polar surface area (TPSA) is 97.4 Å². The van der Waals surface area contributed by atoms with Gasteiger partial charge >= 0.3 is 0 Å². The molecule has 1 amide bonds. The molecule has 0 atom stereocenters. The number of sulfonamides is 1. The van der Waals surface area contributed by atoms with Crippen LogP contribution in [0.1, 0.15) is 30.3 Å². The second-order valence-electron chi connectivity index (χ2n) is 4.93. The smallest absolute Gasteiger partial charge is 0.270 e. The summed E-state index contributed by atoms with van der Waals surface area (Å²) in [7, 11) is -2.26. The maximum atomic E-state index is 12.3. The maximum Gasteiger partial charge on any atom is 0.270 e. The minimum Gasteiger partial charge on any atom is -0.497 e. The van der Waals surface area contributed by atoms with E-state index in [1.54, 1.807) is 12.1 Å². The normalized spacial score (nSPS) is 11.1. The Morgan fingerprint density at radius 1 is 1.29 bits per heavy atom. The number of unbranched alkanes of at least 4 members (excludes halogenated alkanes) is 1. The summed E-state index contributed by atoms with van der Waals surface area (Å²) in [5.41, 5.74) is 0.198. The largest absolute Gasteiger partial charge is 0.497 e. The van der Waals surface area contributed by atoms with Gasteiger partial charge < -0.3 is 10.1 Å². The lowest BCUT2D eigenvalue weighted by Crippen LogP contribution is -2.24. The average molecular weight is 369 g/mol. The molecule has 2 aromatic rings. The van der Waals surface area contributed by atoms with Gasteiger partial charge in [0, 0.05) is 11.9 Å². The first kappa shape index (κ1) is 18.2. The van der Waals surface area contributed by atoms with Crippen LogP contribution in [0, 0.1) is 0 Å². The Labute approximate surface area is 145 Å². The molecule has 2 rings (SSSR count). The fourth-order valence-corrected chi connectivity index (χ4v) is 3.77. The van der Waals surface area contributed by atoms with Crippen LogP contribution in [-0.4, -0.2) is 33.0 Å². The second-order valence-corrected chi connectivity index (χ2v) is 7.47. The average Bonchev–Trinajstić information content (AvgIpc) is 3.03. The van der Waals surface area contributed by atoms with E-state index in [4.69, 9.17) is 4.74 Å². The molecule has 0 saturated carbocycles. The first-order valence-corrected chi connectivity index (χ1v) is 9.73. The Balaban J connectivity index is 2.06. The zero-order valence-electron chi connectivity index (χ0n) is 13.4. The van der Waals surface area contributed by atoms with E-state index in [-0.39, 0.29) is 21.6 Å². The molecular formula is C15H19N3O4S2. The molecule has 7 nitrogen and oxygen atoms in total. The number of ether oxygens (including phenoxy) is 1. The van der Waals surface area contributed by atoms with Crippen molar-refractivity contribution in [2.75, 3.05) is 18.4 Å². The van der Waals surface area contributed by atoms with Crippen molar-refractivity contribution in [3.63, 3.8) is 0 Å². The van der Waals surface area contributed by atoms with Crippen molar-refractivity contribution in [1.82, 2.24) is 10.3 Å². The third kappa shape index (κ3) is 4.68. The third-order valence-corrected chi connectivity index (χ3v) is 5.39. The van der Waals surface area contributed by atoms with Gasteiger partial charge in [-0.3, -0.25) is 9.52 Å². The Morgan fingerprint density at radius 2 is 2.00 bits per heavy atom. The molecule has 24 heavy (non-hydrogen) atoms. The van der Waals surface area contributed by atoms with Crippen LogP contribution in [0.15, 0.2) is 34.5 Å². The fraction of sp³-hybridized carbons (Fsp3) is 0.333. The number of nitrogens with one attached hydrogen (secondary N) is 2. The third-order valence-electron chi connectivity index (χ3n) is 3.14. The Bertz CT molecular complexity index is 785. The van der Waals surface area contributed by atoms with Gasteiger partial charge in [0.1, 0.15) is 11.4 Å². The summed E-state index contributed by atoms with van der Waals surface area (Å²) in [4.78, 5) is 16.0. The van der Waals surface area contributed by atoms with E-state index in [0.29, 0.717) is 12.3 Å². The minimum absolute atomic E-state index is 0.0902. The molecule has 0 aliphatic heterocycles. The molecule has 0 saturated heterocycles. The first-order chi connectivity index (χ1) is 11.5. The van der Waals surface area contributed by atoms with Crippen LogP contribution < -0.4 is 14.8 Å². The first-order valence-electron chi connectivity index (χ1n) is 7.37. The number of amides is 1. The molecule has 2 N–H and O–H groups in total. The standard InChI is InChI=1S/C15H19N3O4S2/c1-3-4-9-16-14(19)13-10-23-15(17-13)18-24(20,21)12-7-5-11(22-2)6-8-12/h5-8,10H,3-4,9H2,1-2H3,(H,16,19)(H,17,18). The van der Waals surface area contributed by atoms with Crippen LogP contribution >= 0.6 is 11.3 Å². The van der Waals surface area contributed by atoms with Gasteiger partial charge in [-0.25, -0.2) is 13.4 Å². The van der Waals surface area contributed by atoms with Crippen LogP contribution in [0.2, 0.25) is 0 Å². The molecule has 0 aliphatic carbocycles. The number of aromatic nitrogens is 1. The van der Waals surface area contributed by atoms with Gasteiger partial charge in [0.15, 0.2) is 5.13 Å². The summed E-state index contributed by atoms with van der Waals surface area (Å²) in [5, 5.41) is 4.40. The van der Waals surface area contributed by atoms with Crippen LogP contribution in [0.4, 0.5) is 5.13 Å². The zero-order chi connectivity index (χ0) is 17.6. The zero-order valence-corrected chi connectivity index (χ0v) is 15.0. The molecule has 0 aliphatic rings. The van der Waals surface area contributed by atoms with Crippen molar-refractivity contribution in [1.29, 1.82) is 0 Å². The van der Waals surface area contributed by atoms with Crippen molar-refractivity contribution in [3.8, 4) is 5.75 Å². The predicted molar refractivity (Wildman–Crippen MR) is 93.2 cm³/mol. The fourth-order valence-electron chi connectivity index (χ4n) is 1.82. The highest BCUT2D eigenvalue weighted by atomic mass is 32.2. The van der Waals surface area contributed by atoms with Gasteiger partial charge in [0.25, 0.3) is 15.9 Å². The molecule has 130 valence electrons. The number of methoxy groups -OCH3 is 1. The van der Waals surface area contributed by atoms with Crippen LogP contribution in [0.25, 0.3) is 0 Å². The number of thiazole rings is 1. The van der Waals surface area contributed by atoms with Crippen molar-refractivity contribution < 1.29 is 17.9 Å². The van der Waals surface area contributed by atoms with Crippen molar-refractivity contribution in [3.05, 3.63) is 35.3 Å². The SMILES string of the molecule is CCCCNC(=O)c1csc(NS(=O)(=O)c2ccc(OC)cc2)n1. The molecular weight excluding hydrogens is 350 g/mol. The van der Waals surface area contributed by atoms with Gasteiger partial charge in [0.2, 0.25) is 0 Å². The highest BCUT2D eigenvalue weighted by molar-refractivity contribution is 7.93. The Hall–Kier alpha value is -2.13. The van der Waals surface area contributed by atoms with Gasteiger partial charge in [0.05, 0.1) is 12.0 Å². The number of anilines is 1. The number of nitrogens with zero attached hydrogens (tertiary/aromatic N) is 1. The molecule has 0 unspecified atom stereocenters. The molecule has 1 heterocycles. The summed E-state index contributed by atoms with van der Waals surface area (Å²) >= 11 is 1.06. The highest BCUT2D eigenvalue weighted by Crippen LogP contribution is 2.21. The van der Waals surface area contributed by atoms with Crippen LogP contribution in [0.3, 0.4) is 0 Å². The second kappa shape index (κ2) is 8.11. The van der Waals surface area contributed by atoms with E-state index >= 15 is 0 Å². The van der Waals surface area contributed by atoms with Crippen molar-refractivity contribution in [2.45, 2.75) is 24.7 Å². The van der Waals surface area contributed by atoms with E-state index in [1.807, 2.05) is 6.92 Å². The molecule has 0 spiro atoms. The Morgan fingerprint density at radius 3 is 2.62 bits per heavy atom. The maximum absolute atomic E-state index is 12.3. The molecule has 9 heteroatoms. The van der Waals surface area contributed by atoms with E-state index in [9.17, 15) is 13.2 Å². The summed E-state index contributed by atoms with van der Waals surface area (Å²) in [6.45, 7) is 2.60. The number of carbonyl (C=O) groups excluding carboxylic acids is 1. The number of benzene rings is 1. The summed E-state index contributed by atoms with van der Waals surface area (Å²) in [5.74, 6) is 0.254. The number of carbonyl (C=O) groups is 1. The number of hydrogen-bond acceptors (Lipinski definition) is 6. The molecule has 0 radical (unpaired) electrons. The molecule has 1 aromatic carbocycles. The molecule has 0 bridgehead atoms. The lowest BCUT2D eigenvalue weighted by atomic mass is 10.3. The lowest BCUT2D eigenvalue weighted by Gasteiger charge is -2.06. The minimum atomic E-state index is -3.76. The quantitative estimate of drug-likeness (QED) is 0.697. The summed E-state index contributed by atoms with van der Waals surface area (Å²) < 4.78 is 32.0. The molecule has 0 fully saturated rings. The van der Waals surface area contributed by atoms with Crippen molar-refractivity contribution >= 4 is 32.4 Å². The van der Waals surface area contributed by atoms with Crippen LogP contribution in [0.5, 0.6) is 5.75 Å². The highest BCUT2D eigenvalue weighted by Gasteiger charge is 2.17. The number of hydrogen-bond donors (Lipinski definition) is 2.